The van der Waals surface area contributed by atoms with Gasteiger partial charge in [-0.25, -0.2) is 0 Å². The molecule has 2 rings (SSSR count). The minimum atomic E-state index is 0.224. The van der Waals surface area contributed by atoms with Gasteiger partial charge < -0.3 is 9.64 Å². The number of aryl methyl sites for hydroxylation is 3. The van der Waals surface area contributed by atoms with Gasteiger partial charge in [-0.1, -0.05) is 0 Å². The van der Waals surface area contributed by atoms with Crippen LogP contribution in [0.2, 0.25) is 0 Å². The van der Waals surface area contributed by atoms with Gasteiger partial charge in [-0.15, -0.1) is 0 Å². The van der Waals surface area contributed by atoms with Crippen molar-refractivity contribution in [2.24, 2.45) is 0 Å². The number of methoxy groups -OCH3 is 1. The second-order valence-corrected chi connectivity index (χ2v) is 5.22. The first-order chi connectivity index (χ1) is 9.10. The molecule has 1 fully saturated rings. The molecule has 0 atom stereocenters. The van der Waals surface area contributed by atoms with Crippen LogP contribution in [-0.4, -0.2) is 46.9 Å². The van der Waals surface area contributed by atoms with Crippen molar-refractivity contribution in [2.75, 3.05) is 20.2 Å². The molecular weight excluding hydrogens is 242 g/mol. The van der Waals surface area contributed by atoms with Crippen molar-refractivity contribution in [1.29, 1.82) is 0 Å². The minimum absolute atomic E-state index is 0.224. The van der Waals surface area contributed by atoms with Gasteiger partial charge in [0.05, 0.1) is 11.8 Å². The summed E-state index contributed by atoms with van der Waals surface area (Å²) in [5, 5.41) is 4.38. The zero-order valence-corrected chi connectivity index (χ0v) is 12.1. The molecule has 1 amide bonds. The number of carbonyl (C=O) groups excluding carboxylic acids is 1. The third-order valence-corrected chi connectivity index (χ3v) is 3.77. The maximum atomic E-state index is 12.1. The molecule has 5 heteroatoms. The van der Waals surface area contributed by atoms with Crippen LogP contribution < -0.4 is 0 Å². The predicted molar refractivity (Wildman–Crippen MR) is 72.9 cm³/mol. The zero-order chi connectivity index (χ0) is 13.8. The van der Waals surface area contributed by atoms with E-state index in [0.29, 0.717) is 19.1 Å². The van der Waals surface area contributed by atoms with Gasteiger partial charge in [0.1, 0.15) is 0 Å². The van der Waals surface area contributed by atoms with E-state index in [1.807, 2.05) is 29.5 Å². The Morgan fingerprint density at radius 1 is 1.42 bits per heavy atom. The Morgan fingerprint density at radius 3 is 2.63 bits per heavy atom. The summed E-state index contributed by atoms with van der Waals surface area (Å²) >= 11 is 0. The van der Waals surface area contributed by atoms with Crippen molar-refractivity contribution in [2.45, 2.75) is 45.8 Å². The van der Waals surface area contributed by atoms with Crippen LogP contribution in [-0.2, 0) is 16.1 Å². The summed E-state index contributed by atoms with van der Waals surface area (Å²) in [7, 11) is 1.74. The highest BCUT2D eigenvalue weighted by atomic mass is 16.5. The van der Waals surface area contributed by atoms with E-state index in [1.165, 1.54) is 0 Å². The van der Waals surface area contributed by atoms with Crippen LogP contribution in [0.5, 0.6) is 0 Å². The molecule has 0 aromatic carbocycles. The number of nitrogens with zero attached hydrogens (tertiary/aromatic N) is 3. The SMILES string of the molecule is COC1CCN(C(=O)CCn2nc(C)cc2C)CC1. The predicted octanol–water partition coefficient (Wildman–Crippen LogP) is 1.53. The van der Waals surface area contributed by atoms with Crippen LogP contribution >= 0.6 is 0 Å². The van der Waals surface area contributed by atoms with E-state index in [9.17, 15) is 4.79 Å². The van der Waals surface area contributed by atoms with Crippen LogP contribution in [0.1, 0.15) is 30.7 Å². The fraction of sp³-hybridized carbons (Fsp3) is 0.714. The number of aromatic nitrogens is 2. The first-order valence-electron chi connectivity index (χ1n) is 6.91. The zero-order valence-electron chi connectivity index (χ0n) is 12.1. The topological polar surface area (TPSA) is 47.4 Å². The standard InChI is InChI=1S/C14H23N3O2/c1-11-10-12(2)17(15-11)9-6-14(18)16-7-4-13(19-3)5-8-16/h10,13H,4-9H2,1-3H3. The number of rotatable bonds is 4. The Labute approximate surface area is 114 Å². The summed E-state index contributed by atoms with van der Waals surface area (Å²) in [4.78, 5) is 14.1. The molecule has 1 aromatic rings. The Bertz CT molecular complexity index is 434. The lowest BCUT2D eigenvalue weighted by molar-refractivity contribution is -0.133. The smallest absolute Gasteiger partial charge is 0.224 e. The molecule has 0 spiro atoms. The van der Waals surface area contributed by atoms with Crippen molar-refractivity contribution in [3.05, 3.63) is 17.5 Å². The molecule has 1 saturated heterocycles. The molecule has 0 radical (unpaired) electrons. The summed E-state index contributed by atoms with van der Waals surface area (Å²) in [6, 6.07) is 2.04. The Morgan fingerprint density at radius 2 is 2.11 bits per heavy atom. The summed E-state index contributed by atoms with van der Waals surface area (Å²) in [6.07, 6.45) is 2.74. The number of amides is 1. The third-order valence-electron chi connectivity index (χ3n) is 3.77. The highest BCUT2D eigenvalue weighted by molar-refractivity contribution is 5.76. The number of hydrogen-bond acceptors (Lipinski definition) is 3. The van der Waals surface area contributed by atoms with E-state index in [0.717, 1.165) is 37.3 Å². The molecule has 5 nitrogen and oxygen atoms in total. The number of ether oxygens (including phenoxy) is 1. The van der Waals surface area contributed by atoms with Crippen molar-refractivity contribution in [3.8, 4) is 0 Å². The van der Waals surface area contributed by atoms with Gasteiger partial charge in [-0.05, 0) is 32.8 Å². The largest absolute Gasteiger partial charge is 0.381 e. The fourth-order valence-electron chi connectivity index (χ4n) is 2.60. The van der Waals surface area contributed by atoms with Gasteiger partial charge >= 0.3 is 0 Å². The first-order valence-corrected chi connectivity index (χ1v) is 6.91. The molecule has 0 unspecified atom stereocenters. The first kappa shape index (κ1) is 14.1. The van der Waals surface area contributed by atoms with Gasteiger partial charge in [0.25, 0.3) is 0 Å². The third kappa shape index (κ3) is 3.56. The summed E-state index contributed by atoms with van der Waals surface area (Å²) in [6.45, 7) is 6.29. The normalized spacial score (nSPS) is 16.9. The molecule has 0 bridgehead atoms. The molecule has 0 saturated carbocycles. The minimum Gasteiger partial charge on any atom is -0.381 e. The number of carbonyl (C=O) groups is 1. The molecule has 1 aliphatic heterocycles. The Balaban J connectivity index is 1.80. The highest BCUT2D eigenvalue weighted by Crippen LogP contribution is 2.14. The lowest BCUT2D eigenvalue weighted by atomic mass is 10.1. The van der Waals surface area contributed by atoms with E-state index >= 15 is 0 Å². The van der Waals surface area contributed by atoms with Crippen molar-refractivity contribution >= 4 is 5.91 Å². The van der Waals surface area contributed by atoms with Crippen LogP contribution in [0, 0.1) is 13.8 Å². The molecule has 0 N–H and O–H groups in total. The maximum absolute atomic E-state index is 12.1. The van der Waals surface area contributed by atoms with E-state index in [1.54, 1.807) is 7.11 Å². The lowest BCUT2D eigenvalue weighted by Gasteiger charge is -2.31. The Hall–Kier alpha value is -1.36. The molecule has 2 heterocycles. The molecular formula is C14H23N3O2. The molecule has 19 heavy (non-hydrogen) atoms. The number of piperidine rings is 1. The number of likely N-dealkylation sites (tertiary alicyclic amines) is 1. The van der Waals surface area contributed by atoms with Crippen molar-refractivity contribution in [3.63, 3.8) is 0 Å². The average molecular weight is 265 g/mol. The quantitative estimate of drug-likeness (QED) is 0.829. The van der Waals surface area contributed by atoms with Crippen LogP contribution in [0.15, 0.2) is 6.07 Å². The van der Waals surface area contributed by atoms with Crippen LogP contribution in [0.4, 0.5) is 0 Å². The second-order valence-electron chi connectivity index (χ2n) is 5.22. The monoisotopic (exact) mass is 265 g/mol. The van der Waals surface area contributed by atoms with Crippen molar-refractivity contribution < 1.29 is 9.53 Å². The van der Waals surface area contributed by atoms with Gasteiger partial charge in [-0.3, -0.25) is 9.48 Å². The lowest BCUT2D eigenvalue weighted by Crippen LogP contribution is -2.40. The average Bonchev–Trinajstić information content (AvgIpc) is 2.74. The summed E-state index contributed by atoms with van der Waals surface area (Å²) in [5.41, 5.74) is 2.12. The summed E-state index contributed by atoms with van der Waals surface area (Å²) < 4.78 is 7.23. The second kappa shape index (κ2) is 6.19. The van der Waals surface area contributed by atoms with Gasteiger partial charge in [0.15, 0.2) is 0 Å². The van der Waals surface area contributed by atoms with Gasteiger partial charge in [-0.2, -0.15) is 5.10 Å². The van der Waals surface area contributed by atoms with E-state index in [-0.39, 0.29) is 5.91 Å². The molecule has 0 aliphatic carbocycles. The van der Waals surface area contributed by atoms with Gasteiger partial charge in [0.2, 0.25) is 5.91 Å². The number of hydrogen-bond donors (Lipinski definition) is 0. The molecule has 1 aromatic heterocycles. The van der Waals surface area contributed by atoms with E-state index < -0.39 is 0 Å². The maximum Gasteiger partial charge on any atom is 0.224 e. The summed E-state index contributed by atoms with van der Waals surface area (Å²) in [5.74, 6) is 0.224. The highest BCUT2D eigenvalue weighted by Gasteiger charge is 2.22. The van der Waals surface area contributed by atoms with Crippen molar-refractivity contribution in [1.82, 2.24) is 14.7 Å². The van der Waals surface area contributed by atoms with Crippen LogP contribution in [0.25, 0.3) is 0 Å². The molecule has 106 valence electrons. The Kier molecular flexibility index (Phi) is 4.58. The van der Waals surface area contributed by atoms with Gasteiger partial charge in [0, 0.05) is 38.9 Å². The van der Waals surface area contributed by atoms with E-state index in [4.69, 9.17) is 4.74 Å². The molecule has 1 aliphatic rings. The van der Waals surface area contributed by atoms with E-state index in [2.05, 4.69) is 5.10 Å². The van der Waals surface area contributed by atoms with Crippen LogP contribution in [0.3, 0.4) is 0 Å². The fourth-order valence-corrected chi connectivity index (χ4v) is 2.60.